The molecule has 1 aromatic rings. The maximum absolute atomic E-state index is 12.9. The number of fused-ring (bicyclic) bond motifs is 1. The highest BCUT2D eigenvalue weighted by molar-refractivity contribution is 5.95. The molecule has 2 fully saturated rings. The summed E-state index contributed by atoms with van der Waals surface area (Å²) in [7, 11) is 0. The summed E-state index contributed by atoms with van der Waals surface area (Å²) in [4.78, 5) is 16.4. The van der Waals surface area contributed by atoms with Crippen molar-refractivity contribution in [3.8, 4) is 5.75 Å². The van der Waals surface area contributed by atoms with Crippen molar-refractivity contribution in [1.29, 1.82) is 0 Å². The molecular weight excluding hydrogens is 373 g/mol. The molecule has 0 saturated carbocycles. The zero-order valence-corrected chi connectivity index (χ0v) is 16.5. The van der Waals surface area contributed by atoms with Crippen LogP contribution in [-0.4, -0.2) is 55.1 Å². The van der Waals surface area contributed by atoms with E-state index in [1.807, 2.05) is 4.90 Å². The fourth-order valence-corrected chi connectivity index (χ4v) is 3.77. The van der Waals surface area contributed by atoms with Crippen LogP contribution in [0.15, 0.2) is 24.3 Å². The molecule has 2 heterocycles. The van der Waals surface area contributed by atoms with Gasteiger partial charge in [-0.25, -0.2) is 4.79 Å². The number of urea groups is 1. The minimum absolute atomic E-state index is 0.0491. The largest absolute Gasteiger partial charge is 0.484 e. The van der Waals surface area contributed by atoms with Crippen LogP contribution in [0.2, 0.25) is 0 Å². The Morgan fingerprint density at radius 3 is 2.50 bits per heavy atom. The van der Waals surface area contributed by atoms with Crippen molar-refractivity contribution in [2.75, 3.05) is 31.2 Å². The highest BCUT2D eigenvalue weighted by Gasteiger charge is 2.53. The third kappa shape index (κ3) is 4.71. The number of hydrogen-bond donors (Lipinski definition) is 0. The third-order valence-electron chi connectivity index (χ3n) is 5.27. The maximum Gasteiger partial charge on any atom is 0.422 e. The van der Waals surface area contributed by atoms with Crippen LogP contribution < -0.4 is 9.64 Å². The maximum atomic E-state index is 12.9. The lowest BCUT2D eigenvalue weighted by Gasteiger charge is -2.24. The average molecular weight is 400 g/mol. The fourth-order valence-electron chi connectivity index (χ4n) is 3.77. The SMILES string of the molecule is CC(C)CCO[C@H]1CN2C(=O)N(c3ccc(OCC(F)(F)F)cc3)C[C@@]2(C)C1. The van der Waals surface area contributed by atoms with Gasteiger partial charge in [-0.2, -0.15) is 13.2 Å². The van der Waals surface area contributed by atoms with Gasteiger partial charge in [0.1, 0.15) is 5.75 Å². The lowest BCUT2D eigenvalue weighted by atomic mass is 9.99. The molecule has 0 aromatic heterocycles. The number of carbonyl (C=O) groups is 1. The predicted octanol–water partition coefficient (Wildman–Crippen LogP) is 4.46. The molecular formula is C20H27F3N2O3. The molecule has 2 atom stereocenters. The van der Waals surface area contributed by atoms with Gasteiger partial charge in [-0.05, 0) is 43.5 Å². The van der Waals surface area contributed by atoms with Crippen molar-refractivity contribution < 1.29 is 27.4 Å². The molecule has 156 valence electrons. The summed E-state index contributed by atoms with van der Waals surface area (Å²) in [6.07, 6.45) is -2.56. The molecule has 5 nitrogen and oxygen atoms in total. The van der Waals surface area contributed by atoms with E-state index in [-0.39, 0.29) is 23.4 Å². The highest BCUT2D eigenvalue weighted by Crippen LogP contribution is 2.39. The van der Waals surface area contributed by atoms with Crippen molar-refractivity contribution in [3.63, 3.8) is 0 Å². The number of benzene rings is 1. The molecule has 1 aromatic carbocycles. The van der Waals surface area contributed by atoms with E-state index in [1.54, 1.807) is 17.0 Å². The van der Waals surface area contributed by atoms with Crippen molar-refractivity contribution in [2.45, 2.75) is 51.4 Å². The molecule has 3 rings (SSSR count). The Morgan fingerprint density at radius 2 is 1.93 bits per heavy atom. The minimum atomic E-state index is -4.38. The number of anilines is 1. The van der Waals surface area contributed by atoms with Crippen LogP contribution in [-0.2, 0) is 4.74 Å². The van der Waals surface area contributed by atoms with E-state index < -0.39 is 12.8 Å². The number of amides is 2. The normalized spacial score (nSPS) is 25.0. The summed E-state index contributed by atoms with van der Waals surface area (Å²) in [5.41, 5.74) is 0.350. The van der Waals surface area contributed by atoms with Crippen LogP contribution in [0.25, 0.3) is 0 Å². The van der Waals surface area contributed by atoms with Crippen LogP contribution in [0, 0.1) is 5.92 Å². The van der Waals surface area contributed by atoms with E-state index in [9.17, 15) is 18.0 Å². The molecule has 2 aliphatic rings. The van der Waals surface area contributed by atoms with E-state index in [2.05, 4.69) is 20.8 Å². The van der Waals surface area contributed by atoms with Crippen LogP contribution in [0.3, 0.4) is 0 Å². The zero-order chi connectivity index (χ0) is 20.5. The summed E-state index contributed by atoms with van der Waals surface area (Å²) < 4.78 is 47.4. The Kier molecular flexibility index (Phi) is 5.79. The van der Waals surface area contributed by atoms with Crippen LogP contribution in [0.5, 0.6) is 5.75 Å². The van der Waals surface area contributed by atoms with Gasteiger partial charge in [-0.1, -0.05) is 13.8 Å². The van der Waals surface area contributed by atoms with Gasteiger partial charge >= 0.3 is 12.2 Å². The topological polar surface area (TPSA) is 42.0 Å². The second-order valence-electron chi connectivity index (χ2n) is 8.25. The first-order valence-electron chi connectivity index (χ1n) is 9.58. The summed E-state index contributed by atoms with van der Waals surface area (Å²) in [5.74, 6) is 0.704. The molecule has 2 aliphatic heterocycles. The monoisotopic (exact) mass is 400 g/mol. The first kappa shape index (κ1) is 20.8. The molecule has 0 bridgehead atoms. The Morgan fingerprint density at radius 1 is 1.25 bits per heavy atom. The van der Waals surface area contributed by atoms with E-state index in [0.29, 0.717) is 31.3 Å². The molecule has 2 amide bonds. The average Bonchev–Trinajstić information content (AvgIpc) is 3.05. The minimum Gasteiger partial charge on any atom is -0.484 e. The molecule has 0 spiro atoms. The number of nitrogens with zero attached hydrogens (tertiary/aromatic N) is 2. The fraction of sp³-hybridized carbons (Fsp3) is 0.650. The van der Waals surface area contributed by atoms with Gasteiger partial charge in [-0.3, -0.25) is 4.90 Å². The number of rotatable bonds is 7. The number of carbonyl (C=O) groups excluding carboxylic acids is 1. The van der Waals surface area contributed by atoms with E-state index >= 15 is 0 Å². The Balaban J connectivity index is 1.59. The first-order chi connectivity index (χ1) is 13.1. The van der Waals surface area contributed by atoms with Crippen molar-refractivity contribution in [3.05, 3.63) is 24.3 Å². The zero-order valence-electron chi connectivity index (χ0n) is 16.5. The van der Waals surface area contributed by atoms with Gasteiger partial charge in [0.2, 0.25) is 0 Å². The standard InChI is InChI=1S/C20H27F3N2O3/c1-14(2)8-9-27-17-10-19(3)12-24(18(26)25(19)11-17)15-4-6-16(7-5-15)28-13-20(21,22)23/h4-7,14,17H,8-13H2,1-3H3/t17-,19-/m1/s1. The molecule has 2 saturated heterocycles. The second kappa shape index (κ2) is 7.81. The van der Waals surface area contributed by atoms with E-state index in [0.717, 1.165) is 12.8 Å². The van der Waals surface area contributed by atoms with E-state index in [4.69, 9.17) is 9.47 Å². The van der Waals surface area contributed by atoms with Crippen molar-refractivity contribution >= 4 is 11.7 Å². The van der Waals surface area contributed by atoms with Gasteiger partial charge in [0.15, 0.2) is 6.61 Å². The molecule has 8 heteroatoms. The molecule has 0 unspecified atom stereocenters. The molecule has 28 heavy (non-hydrogen) atoms. The lowest BCUT2D eigenvalue weighted by molar-refractivity contribution is -0.153. The number of halogens is 3. The quantitative estimate of drug-likeness (QED) is 0.679. The number of hydrogen-bond acceptors (Lipinski definition) is 3. The summed E-state index contributed by atoms with van der Waals surface area (Å²) in [6.45, 7) is 6.81. The summed E-state index contributed by atoms with van der Waals surface area (Å²) >= 11 is 0. The lowest BCUT2D eigenvalue weighted by Crippen LogP contribution is -2.38. The molecule has 0 aliphatic carbocycles. The smallest absolute Gasteiger partial charge is 0.422 e. The third-order valence-corrected chi connectivity index (χ3v) is 5.27. The van der Waals surface area contributed by atoms with Crippen LogP contribution in [0.4, 0.5) is 23.7 Å². The van der Waals surface area contributed by atoms with Gasteiger partial charge in [0.25, 0.3) is 0 Å². The first-order valence-corrected chi connectivity index (χ1v) is 9.58. The van der Waals surface area contributed by atoms with Crippen LogP contribution in [0.1, 0.15) is 33.6 Å². The van der Waals surface area contributed by atoms with Crippen LogP contribution >= 0.6 is 0 Å². The second-order valence-corrected chi connectivity index (χ2v) is 8.25. The molecule has 0 radical (unpaired) electrons. The Bertz CT molecular complexity index is 693. The van der Waals surface area contributed by atoms with E-state index in [1.165, 1.54) is 12.1 Å². The Labute approximate surface area is 163 Å². The predicted molar refractivity (Wildman–Crippen MR) is 99.7 cm³/mol. The highest BCUT2D eigenvalue weighted by atomic mass is 19.4. The van der Waals surface area contributed by atoms with Gasteiger partial charge in [0, 0.05) is 25.3 Å². The number of ether oxygens (including phenoxy) is 2. The Hall–Kier alpha value is -1.96. The van der Waals surface area contributed by atoms with Gasteiger partial charge < -0.3 is 14.4 Å². The molecule has 0 N–H and O–H groups in total. The summed E-state index contributed by atoms with van der Waals surface area (Å²) in [5, 5.41) is 0. The van der Waals surface area contributed by atoms with Gasteiger partial charge in [-0.15, -0.1) is 0 Å². The van der Waals surface area contributed by atoms with Crippen molar-refractivity contribution in [1.82, 2.24) is 4.90 Å². The number of alkyl halides is 3. The van der Waals surface area contributed by atoms with Crippen molar-refractivity contribution in [2.24, 2.45) is 5.92 Å². The summed E-state index contributed by atoms with van der Waals surface area (Å²) in [6, 6.07) is 6.05. The van der Waals surface area contributed by atoms with Gasteiger partial charge in [0.05, 0.1) is 18.2 Å².